The van der Waals surface area contributed by atoms with E-state index in [1.807, 2.05) is 0 Å². The van der Waals surface area contributed by atoms with Crippen LogP contribution in [0.3, 0.4) is 0 Å². The fourth-order valence-electron chi connectivity index (χ4n) is 1.07. The van der Waals surface area contributed by atoms with Crippen molar-refractivity contribution in [2.45, 2.75) is 39.5 Å². The van der Waals surface area contributed by atoms with Crippen LogP contribution in [0.25, 0.3) is 0 Å². The lowest BCUT2D eigenvalue weighted by Crippen LogP contribution is -1.66. The predicted octanol–water partition coefficient (Wildman–Crippen LogP) is 3.14. The van der Waals surface area contributed by atoms with Crippen molar-refractivity contribution in [2.75, 3.05) is 0 Å². The second-order valence-electron chi connectivity index (χ2n) is 3.03. The first-order valence-electron chi connectivity index (χ1n) is 4.03. The zero-order valence-electron chi connectivity index (χ0n) is 6.48. The Balaban J connectivity index is 2.04. The van der Waals surface area contributed by atoms with Gasteiger partial charge in [-0.05, 0) is 18.8 Å². The zero-order chi connectivity index (χ0) is 6.69. The largest absolute Gasteiger partial charge is 0.0850 e. The van der Waals surface area contributed by atoms with Crippen molar-refractivity contribution < 1.29 is 0 Å². The first-order valence-corrected chi connectivity index (χ1v) is 4.03. The fourth-order valence-corrected chi connectivity index (χ4v) is 1.07. The maximum absolute atomic E-state index is 2.42. The van der Waals surface area contributed by atoms with Crippen molar-refractivity contribution in [3.63, 3.8) is 0 Å². The van der Waals surface area contributed by atoms with E-state index in [1.54, 1.807) is 5.57 Å². The molecule has 0 spiro atoms. The third-order valence-corrected chi connectivity index (χ3v) is 1.98. The van der Waals surface area contributed by atoms with E-state index in [9.17, 15) is 0 Å². The van der Waals surface area contributed by atoms with Crippen LogP contribution in [-0.4, -0.2) is 0 Å². The smallest absolute Gasteiger partial charge is 0.0194 e. The van der Waals surface area contributed by atoms with Crippen LogP contribution in [-0.2, 0) is 0 Å². The number of hydrogen-bond donors (Lipinski definition) is 0. The van der Waals surface area contributed by atoms with Crippen LogP contribution >= 0.6 is 0 Å². The van der Waals surface area contributed by atoms with Gasteiger partial charge in [0.25, 0.3) is 0 Å². The number of rotatable bonds is 3. The molecule has 0 amide bonds. The molecule has 0 heteroatoms. The van der Waals surface area contributed by atoms with Gasteiger partial charge in [0.2, 0.25) is 0 Å². The maximum Gasteiger partial charge on any atom is -0.0194 e. The minimum Gasteiger partial charge on any atom is -0.0850 e. The Morgan fingerprint density at radius 1 is 1.67 bits per heavy atom. The second kappa shape index (κ2) is 3.05. The van der Waals surface area contributed by atoms with Crippen LogP contribution in [0.1, 0.15) is 39.5 Å². The van der Waals surface area contributed by atoms with E-state index in [-0.39, 0.29) is 0 Å². The van der Waals surface area contributed by atoms with Crippen LogP contribution in [0.4, 0.5) is 0 Å². The molecule has 52 valence electrons. The zero-order valence-corrected chi connectivity index (χ0v) is 6.48. The highest BCUT2D eigenvalue weighted by atomic mass is 14.3. The van der Waals surface area contributed by atoms with Gasteiger partial charge in [-0.15, -0.1) is 0 Å². The number of unbranched alkanes of at least 4 members (excludes halogenated alkanes) is 2. The van der Waals surface area contributed by atoms with Gasteiger partial charge < -0.3 is 0 Å². The molecule has 1 saturated carbocycles. The van der Waals surface area contributed by atoms with E-state index < -0.39 is 0 Å². The van der Waals surface area contributed by atoms with Gasteiger partial charge in [0.15, 0.2) is 0 Å². The Morgan fingerprint density at radius 3 is 2.78 bits per heavy atom. The van der Waals surface area contributed by atoms with Crippen LogP contribution in [0.5, 0.6) is 0 Å². The maximum atomic E-state index is 2.42. The molecule has 0 N–H and O–H groups in total. The summed E-state index contributed by atoms with van der Waals surface area (Å²) in [5, 5.41) is 0. The Labute approximate surface area is 58.0 Å². The molecule has 0 bridgehead atoms. The summed E-state index contributed by atoms with van der Waals surface area (Å²) in [7, 11) is 0. The lowest BCUT2D eigenvalue weighted by molar-refractivity contribution is 0.812. The van der Waals surface area contributed by atoms with Crippen LogP contribution < -0.4 is 0 Å². The van der Waals surface area contributed by atoms with Crippen molar-refractivity contribution in [1.29, 1.82) is 0 Å². The standard InChI is InChI=1S/C9H16/c1-3-4-5-6-9-7-8(9)2/h6,8H,3-5,7H2,1-2H3. The molecule has 1 fully saturated rings. The second-order valence-corrected chi connectivity index (χ2v) is 3.03. The minimum absolute atomic E-state index is 0.932. The molecular weight excluding hydrogens is 108 g/mol. The Hall–Kier alpha value is -0.260. The molecule has 0 aliphatic heterocycles. The quantitative estimate of drug-likeness (QED) is 0.400. The average molecular weight is 124 g/mol. The summed E-state index contributed by atoms with van der Waals surface area (Å²) in [6.45, 7) is 4.55. The van der Waals surface area contributed by atoms with Gasteiger partial charge in [-0.25, -0.2) is 0 Å². The van der Waals surface area contributed by atoms with Crippen molar-refractivity contribution in [3.8, 4) is 0 Å². The highest BCUT2D eigenvalue weighted by molar-refractivity contribution is 5.21. The molecule has 1 atom stereocenters. The lowest BCUT2D eigenvalue weighted by Gasteiger charge is -1.85. The molecule has 1 rings (SSSR count). The topological polar surface area (TPSA) is 0 Å². The molecule has 0 heterocycles. The van der Waals surface area contributed by atoms with Crippen molar-refractivity contribution >= 4 is 0 Å². The van der Waals surface area contributed by atoms with E-state index in [0.717, 1.165) is 5.92 Å². The first-order chi connectivity index (χ1) is 4.34. The summed E-state index contributed by atoms with van der Waals surface area (Å²) in [6.07, 6.45) is 7.82. The molecule has 1 aliphatic rings. The molecule has 0 radical (unpaired) electrons. The molecule has 0 aromatic carbocycles. The Morgan fingerprint density at radius 2 is 2.33 bits per heavy atom. The van der Waals surface area contributed by atoms with Gasteiger partial charge >= 0.3 is 0 Å². The highest BCUT2D eigenvalue weighted by Gasteiger charge is 2.22. The summed E-state index contributed by atoms with van der Waals surface area (Å²) in [6, 6.07) is 0. The van der Waals surface area contributed by atoms with Gasteiger partial charge in [-0.3, -0.25) is 0 Å². The minimum atomic E-state index is 0.932. The molecule has 1 unspecified atom stereocenters. The van der Waals surface area contributed by atoms with Crippen LogP contribution in [0.2, 0.25) is 0 Å². The molecule has 0 nitrogen and oxygen atoms in total. The SMILES string of the molecule is CCCCC=C1CC1C. The highest BCUT2D eigenvalue weighted by Crippen LogP contribution is 2.36. The van der Waals surface area contributed by atoms with Gasteiger partial charge in [0.1, 0.15) is 0 Å². The fraction of sp³-hybridized carbons (Fsp3) is 0.778. The van der Waals surface area contributed by atoms with E-state index in [0.29, 0.717) is 0 Å². The summed E-state index contributed by atoms with van der Waals surface area (Å²) in [4.78, 5) is 0. The normalized spacial score (nSPS) is 29.1. The van der Waals surface area contributed by atoms with Gasteiger partial charge in [-0.1, -0.05) is 38.3 Å². The molecule has 1 aliphatic carbocycles. The van der Waals surface area contributed by atoms with E-state index >= 15 is 0 Å². The summed E-state index contributed by atoms with van der Waals surface area (Å²) < 4.78 is 0. The molecule has 9 heavy (non-hydrogen) atoms. The summed E-state index contributed by atoms with van der Waals surface area (Å²) in [5.41, 5.74) is 1.70. The third kappa shape index (κ3) is 2.21. The van der Waals surface area contributed by atoms with E-state index in [2.05, 4.69) is 19.9 Å². The van der Waals surface area contributed by atoms with Crippen molar-refractivity contribution in [3.05, 3.63) is 11.6 Å². The average Bonchev–Trinajstić information content (AvgIpc) is 2.48. The number of hydrogen-bond acceptors (Lipinski definition) is 0. The van der Waals surface area contributed by atoms with Crippen LogP contribution in [0.15, 0.2) is 11.6 Å². The number of allylic oxidation sites excluding steroid dienone is 2. The van der Waals surface area contributed by atoms with Crippen LogP contribution in [0, 0.1) is 5.92 Å². The van der Waals surface area contributed by atoms with Gasteiger partial charge in [0, 0.05) is 0 Å². The van der Waals surface area contributed by atoms with Gasteiger partial charge in [0.05, 0.1) is 0 Å². The van der Waals surface area contributed by atoms with E-state index in [4.69, 9.17) is 0 Å². The molecule has 0 aromatic rings. The first kappa shape index (κ1) is 6.85. The lowest BCUT2D eigenvalue weighted by atomic mass is 10.2. The molecule has 0 saturated heterocycles. The molecular formula is C9H16. The summed E-state index contributed by atoms with van der Waals surface area (Å²) in [5.74, 6) is 0.932. The van der Waals surface area contributed by atoms with Crippen molar-refractivity contribution in [2.24, 2.45) is 5.92 Å². The monoisotopic (exact) mass is 124 g/mol. The third-order valence-electron chi connectivity index (χ3n) is 1.98. The van der Waals surface area contributed by atoms with E-state index in [1.165, 1.54) is 25.7 Å². The molecule has 0 aromatic heterocycles. The Bertz CT molecular complexity index is 111. The summed E-state index contributed by atoms with van der Waals surface area (Å²) >= 11 is 0. The predicted molar refractivity (Wildman–Crippen MR) is 41.4 cm³/mol. The van der Waals surface area contributed by atoms with Gasteiger partial charge in [-0.2, -0.15) is 0 Å². The Kier molecular flexibility index (Phi) is 2.32. The van der Waals surface area contributed by atoms with Crippen molar-refractivity contribution in [1.82, 2.24) is 0 Å².